The normalized spacial score (nSPS) is 13.3. The molecular formula is C22H27BrO3. The summed E-state index contributed by atoms with van der Waals surface area (Å²) in [5.74, 6) is 0.247. The third kappa shape index (κ3) is 6.56. The molecule has 26 heavy (non-hydrogen) atoms. The summed E-state index contributed by atoms with van der Waals surface area (Å²) in [5, 5.41) is 0. The van der Waals surface area contributed by atoms with E-state index in [2.05, 4.69) is 22.9 Å². The number of hydrogen-bond donors (Lipinski definition) is 0. The van der Waals surface area contributed by atoms with Gasteiger partial charge in [0.15, 0.2) is 11.6 Å². The third-order valence-corrected chi connectivity index (χ3v) is 5.08. The number of allylic oxidation sites excluding steroid dienone is 4. The van der Waals surface area contributed by atoms with Gasteiger partial charge in [0.2, 0.25) is 0 Å². The number of ether oxygens (including phenoxy) is 1. The number of hydrogen-bond acceptors (Lipinski definition) is 3. The van der Waals surface area contributed by atoms with E-state index in [4.69, 9.17) is 4.74 Å². The SMILES string of the molecule is CCCCCCCCOc1ccc(C(=O)CC(=O)C2C=CC=C2)cc1Br. The highest BCUT2D eigenvalue weighted by molar-refractivity contribution is 9.10. The molecule has 0 N–H and O–H groups in total. The van der Waals surface area contributed by atoms with Crippen LogP contribution >= 0.6 is 15.9 Å². The van der Waals surface area contributed by atoms with Gasteiger partial charge < -0.3 is 4.74 Å². The van der Waals surface area contributed by atoms with Crippen molar-refractivity contribution in [2.45, 2.75) is 51.9 Å². The van der Waals surface area contributed by atoms with E-state index in [1.165, 1.54) is 32.1 Å². The monoisotopic (exact) mass is 418 g/mol. The van der Waals surface area contributed by atoms with Gasteiger partial charge in [0.25, 0.3) is 0 Å². The van der Waals surface area contributed by atoms with Crippen LogP contribution in [0.2, 0.25) is 0 Å². The average Bonchev–Trinajstić information content (AvgIpc) is 3.17. The summed E-state index contributed by atoms with van der Waals surface area (Å²) in [5.41, 5.74) is 0.531. The largest absolute Gasteiger partial charge is 0.492 e. The summed E-state index contributed by atoms with van der Waals surface area (Å²) >= 11 is 3.47. The minimum Gasteiger partial charge on any atom is -0.492 e. The van der Waals surface area contributed by atoms with Crippen molar-refractivity contribution in [3.8, 4) is 5.75 Å². The molecule has 0 unspecified atom stereocenters. The maximum atomic E-state index is 12.3. The van der Waals surface area contributed by atoms with E-state index in [1.807, 2.05) is 24.3 Å². The first-order valence-electron chi connectivity index (χ1n) is 9.45. The summed E-state index contributed by atoms with van der Waals surface area (Å²) in [6, 6.07) is 5.28. The standard InChI is InChI=1S/C22H27BrO3/c1-2-3-4-5-6-9-14-26-22-13-12-18(15-19(22)23)21(25)16-20(24)17-10-7-8-11-17/h7-8,10-13,15,17H,2-6,9,14,16H2,1H3. The third-order valence-electron chi connectivity index (χ3n) is 4.46. The van der Waals surface area contributed by atoms with E-state index in [1.54, 1.807) is 18.2 Å². The topological polar surface area (TPSA) is 43.4 Å². The lowest BCUT2D eigenvalue weighted by molar-refractivity contribution is -0.119. The zero-order valence-electron chi connectivity index (χ0n) is 15.4. The molecule has 0 saturated carbocycles. The number of Topliss-reactive ketones (excluding diaryl/α,β-unsaturated/α-hetero) is 2. The summed E-state index contributed by atoms with van der Waals surface area (Å²) in [6.07, 6.45) is 14.5. The summed E-state index contributed by atoms with van der Waals surface area (Å²) in [6.45, 7) is 2.89. The molecule has 0 aliphatic heterocycles. The Hall–Kier alpha value is -1.68. The van der Waals surface area contributed by atoms with E-state index in [9.17, 15) is 9.59 Å². The first-order chi connectivity index (χ1) is 12.6. The minimum absolute atomic E-state index is 0.0699. The highest BCUT2D eigenvalue weighted by Gasteiger charge is 2.19. The molecule has 0 bridgehead atoms. The van der Waals surface area contributed by atoms with Gasteiger partial charge >= 0.3 is 0 Å². The second-order valence-electron chi connectivity index (χ2n) is 6.62. The number of carbonyl (C=O) groups excluding carboxylic acids is 2. The quantitative estimate of drug-likeness (QED) is 0.235. The molecule has 0 atom stereocenters. The second-order valence-corrected chi connectivity index (χ2v) is 7.48. The van der Waals surface area contributed by atoms with Crippen LogP contribution < -0.4 is 4.74 Å². The van der Waals surface area contributed by atoms with E-state index < -0.39 is 0 Å². The number of ketones is 2. The second kappa shape index (κ2) is 11.1. The van der Waals surface area contributed by atoms with Crippen LogP contribution in [0.4, 0.5) is 0 Å². The molecule has 0 fully saturated rings. The van der Waals surface area contributed by atoms with Gasteiger partial charge in [0.1, 0.15) is 5.75 Å². The van der Waals surface area contributed by atoms with Crippen LogP contribution in [0.5, 0.6) is 5.75 Å². The number of benzene rings is 1. The molecule has 1 aromatic rings. The molecule has 0 saturated heterocycles. The van der Waals surface area contributed by atoms with E-state index in [0.29, 0.717) is 12.2 Å². The molecule has 1 aliphatic rings. The van der Waals surface area contributed by atoms with Gasteiger partial charge in [-0.05, 0) is 40.5 Å². The molecule has 0 spiro atoms. The molecule has 1 aromatic carbocycles. The maximum absolute atomic E-state index is 12.3. The van der Waals surface area contributed by atoms with Crippen LogP contribution in [0.3, 0.4) is 0 Å². The zero-order valence-corrected chi connectivity index (χ0v) is 17.0. The van der Waals surface area contributed by atoms with Crippen molar-refractivity contribution >= 4 is 27.5 Å². The zero-order chi connectivity index (χ0) is 18.8. The molecule has 2 rings (SSSR count). The van der Waals surface area contributed by atoms with E-state index >= 15 is 0 Å². The fourth-order valence-corrected chi connectivity index (χ4v) is 3.37. The fourth-order valence-electron chi connectivity index (χ4n) is 2.88. The van der Waals surface area contributed by atoms with Crippen LogP contribution in [0.25, 0.3) is 0 Å². The van der Waals surface area contributed by atoms with Gasteiger partial charge in [-0.1, -0.05) is 63.3 Å². The Labute approximate surface area is 164 Å². The van der Waals surface area contributed by atoms with Gasteiger partial charge in [-0.25, -0.2) is 0 Å². The molecular weight excluding hydrogens is 392 g/mol. The predicted octanol–water partition coefficient (Wildman–Crippen LogP) is 6.07. The Bertz CT molecular complexity index is 664. The van der Waals surface area contributed by atoms with Crippen molar-refractivity contribution in [2.75, 3.05) is 6.61 Å². The highest BCUT2D eigenvalue weighted by Crippen LogP contribution is 2.27. The van der Waals surface area contributed by atoms with E-state index in [0.717, 1.165) is 16.6 Å². The van der Waals surface area contributed by atoms with Crippen molar-refractivity contribution in [3.63, 3.8) is 0 Å². The average molecular weight is 419 g/mol. The van der Waals surface area contributed by atoms with Crippen LogP contribution in [0.1, 0.15) is 62.2 Å². The lowest BCUT2D eigenvalue weighted by Gasteiger charge is -2.10. The summed E-state index contributed by atoms with van der Waals surface area (Å²) in [4.78, 5) is 24.4. The Morgan fingerprint density at radius 2 is 1.73 bits per heavy atom. The molecule has 4 heteroatoms. The van der Waals surface area contributed by atoms with Gasteiger partial charge in [0, 0.05) is 5.56 Å². The van der Waals surface area contributed by atoms with Crippen LogP contribution in [0.15, 0.2) is 47.0 Å². The Morgan fingerprint density at radius 1 is 1.04 bits per heavy atom. The maximum Gasteiger partial charge on any atom is 0.170 e. The Balaban J connectivity index is 1.78. The Kier molecular flexibility index (Phi) is 8.82. The minimum atomic E-state index is -0.262. The fraction of sp³-hybridized carbons (Fsp3) is 0.455. The molecule has 0 radical (unpaired) electrons. The molecule has 140 valence electrons. The van der Waals surface area contributed by atoms with Gasteiger partial charge in [-0.3, -0.25) is 9.59 Å². The lowest BCUT2D eigenvalue weighted by Crippen LogP contribution is -2.14. The molecule has 0 aromatic heterocycles. The Morgan fingerprint density at radius 3 is 2.42 bits per heavy atom. The lowest BCUT2D eigenvalue weighted by atomic mass is 9.98. The summed E-state index contributed by atoms with van der Waals surface area (Å²) < 4.78 is 6.55. The van der Waals surface area contributed by atoms with Crippen molar-refractivity contribution in [1.29, 1.82) is 0 Å². The van der Waals surface area contributed by atoms with Gasteiger partial charge in [-0.2, -0.15) is 0 Å². The summed E-state index contributed by atoms with van der Waals surface area (Å²) in [7, 11) is 0. The van der Waals surface area contributed by atoms with Crippen molar-refractivity contribution in [3.05, 3.63) is 52.5 Å². The number of carbonyl (C=O) groups is 2. The molecule has 1 aliphatic carbocycles. The number of halogens is 1. The number of unbranched alkanes of at least 4 members (excludes halogenated alkanes) is 5. The molecule has 3 nitrogen and oxygen atoms in total. The van der Waals surface area contributed by atoms with Gasteiger partial charge in [0.05, 0.1) is 23.4 Å². The first-order valence-corrected chi connectivity index (χ1v) is 10.2. The molecule has 0 amide bonds. The van der Waals surface area contributed by atoms with Crippen molar-refractivity contribution in [2.24, 2.45) is 5.92 Å². The number of rotatable bonds is 12. The predicted molar refractivity (Wildman–Crippen MR) is 109 cm³/mol. The van der Waals surface area contributed by atoms with Crippen LogP contribution in [-0.4, -0.2) is 18.2 Å². The van der Waals surface area contributed by atoms with Crippen LogP contribution in [0, 0.1) is 5.92 Å². The van der Waals surface area contributed by atoms with E-state index in [-0.39, 0.29) is 23.9 Å². The van der Waals surface area contributed by atoms with Crippen molar-refractivity contribution in [1.82, 2.24) is 0 Å². The van der Waals surface area contributed by atoms with Crippen LogP contribution in [-0.2, 0) is 4.79 Å². The molecule has 0 heterocycles. The van der Waals surface area contributed by atoms with Gasteiger partial charge in [-0.15, -0.1) is 0 Å². The van der Waals surface area contributed by atoms with Crippen molar-refractivity contribution < 1.29 is 14.3 Å². The smallest absolute Gasteiger partial charge is 0.170 e. The first kappa shape index (κ1) is 20.6. The highest BCUT2D eigenvalue weighted by atomic mass is 79.9.